The number of hydrogen-bond acceptors (Lipinski definition) is 5. The maximum Gasteiger partial charge on any atom is 0.252 e. The summed E-state index contributed by atoms with van der Waals surface area (Å²) in [6, 6.07) is 6.48. The topological polar surface area (TPSA) is 125 Å². The number of nitrogens with one attached hydrogen (secondary N) is 2. The van der Waals surface area contributed by atoms with Crippen molar-refractivity contribution in [1.29, 1.82) is 0 Å². The van der Waals surface area contributed by atoms with E-state index in [1.807, 2.05) is 0 Å². The fraction of sp³-hybridized carbons (Fsp3) is 0.357. The molecular formula is C14H20N4O4. The van der Waals surface area contributed by atoms with Crippen LogP contribution in [-0.4, -0.2) is 47.5 Å². The largest absolute Gasteiger partial charge is 0.399 e. The first-order valence-electron chi connectivity index (χ1n) is 6.82. The molecule has 120 valence electrons. The summed E-state index contributed by atoms with van der Waals surface area (Å²) in [6.07, 6.45) is -0.434. The van der Waals surface area contributed by atoms with Gasteiger partial charge in [0.1, 0.15) is 6.42 Å². The van der Waals surface area contributed by atoms with E-state index in [1.54, 1.807) is 31.2 Å². The lowest BCUT2D eigenvalue weighted by Gasteiger charge is -2.20. The van der Waals surface area contributed by atoms with Crippen molar-refractivity contribution >= 4 is 23.4 Å². The Labute approximate surface area is 128 Å². The first kappa shape index (κ1) is 17.4. The first-order chi connectivity index (χ1) is 10.5. The summed E-state index contributed by atoms with van der Waals surface area (Å²) < 4.78 is 0. The predicted molar refractivity (Wildman–Crippen MR) is 80.0 cm³/mol. The van der Waals surface area contributed by atoms with Crippen molar-refractivity contribution in [3.63, 3.8) is 0 Å². The van der Waals surface area contributed by atoms with Crippen LogP contribution in [0, 0.1) is 0 Å². The summed E-state index contributed by atoms with van der Waals surface area (Å²) in [5, 5.41) is 11.1. The van der Waals surface area contributed by atoms with Gasteiger partial charge in [0.05, 0.1) is 0 Å². The quantitative estimate of drug-likeness (QED) is 0.239. The molecule has 0 aliphatic rings. The molecule has 1 rings (SSSR count). The van der Waals surface area contributed by atoms with E-state index in [-0.39, 0.29) is 19.0 Å². The van der Waals surface area contributed by atoms with Gasteiger partial charge in [0.15, 0.2) is 0 Å². The Balaban J connectivity index is 2.43. The van der Waals surface area contributed by atoms with E-state index in [0.29, 0.717) is 17.8 Å². The van der Waals surface area contributed by atoms with Crippen LogP contribution in [-0.2, 0) is 9.59 Å². The summed E-state index contributed by atoms with van der Waals surface area (Å²) in [5.41, 5.74) is 8.00. The van der Waals surface area contributed by atoms with E-state index in [9.17, 15) is 14.4 Å². The van der Waals surface area contributed by atoms with Crippen LogP contribution >= 0.6 is 0 Å². The lowest BCUT2D eigenvalue weighted by molar-refractivity contribution is -0.139. The molecule has 0 aliphatic carbocycles. The van der Waals surface area contributed by atoms with Gasteiger partial charge in [-0.05, 0) is 31.2 Å². The molecule has 0 aliphatic heterocycles. The molecule has 0 unspecified atom stereocenters. The monoisotopic (exact) mass is 308 g/mol. The number of carbonyl (C=O) groups is 3. The molecule has 22 heavy (non-hydrogen) atoms. The Kier molecular flexibility index (Phi) is 6.84. The second kappa shape index (κ2) is 8.63. The number of nitrogen functional groups attached to an aromatic ring is 1. The first-order valence-corrected chi connectivity index (χ1v) is 6.82. The number of nitrogens with two attached hydrogens (primary N) is 1. The van der Waals surface area contributed by atoms with Crippen molar-refractivity contribution in [3.8, 4) is 0 Å². The molecule has 0 atom stereocenters. The Morgan fingerprint density at radius 3 is 2.41 bits per heavy atom. The van der Waals surface area contributed by atoms with Crippen LogP contribution < -0.4 is 16.5 Å². The summed E-state index contributed by atoms with van der Waals surface area (Å²) >= 11 is 0. The molecule has 8 nitrogen and oxygen atoms in total. The standard InChI is InChI=1S/C14H20N4O4/c1-2-18(13(20)9-12(19)17-22)8-7-16-14(21)10-3-5-11(15)6-4-10/h3-6,22H,2,7-9,15H2,1H3,(H,16,21)(H,17,19). The maximum absolute atomic E-state index is 11.9. The zero-order valence-corrected chi connectivity index (χ0v) is 12.3. The van der Waals surface area contributed by atoms with E-state index in [2.05, 4.69) is 5.32 Å². The third-order valence-electron chi connectivity index (χ3n) is 3.01. The minimum absolute atomic E-state index is 0.254. The predicted octanol–water partition coefficient (Wildman–Crippen LogP) is -0.257. The van der Waals surface area contributed by atoms with Crippen molar-refractivity contribution in [2.24, 2.45) is 0 Å². The molecular weight excluding hydrogens is 288 g/mol. The molecule has 1 aromatic carbocycles. The van der Waals surface area contributed by atoms with E-state index in [4.69, 9.17) is 10.9 Å². The molecule has 0 saturated heterocycles. The zero-order chi connectivity index (χ0) is 16.5. The van der Waals surface area contributed by atoms with Gasteiger partial charge >= 0.3 is 0 Å². The molecule has 5 N–H and O–H groups in total. The highest BCUT2D eigenvalue weighted by atomic mass is 16.5. The molecule has 0 radical (unpaired) electrons. The molecule has 8 heteroatoms. The normalized spacial score (nSPS) is 9.91. The summed E-state index contributed by atoms with van der Waals surface area (Å²) in [7, 11) is 0. The molecule has 0 fully saturated rings. The summed E-state index contributed by atoms with van der Waals surface area (Å²) in [4.78, 5) is 36.0. The van der Waals surface area contributed by atoms with Crippen LogP contribution in [0.5, 0.6) is 0 Å². The fourth-order valence-corrected chi connectivity index (χ4v) is 1.79. The molecule has 0 aromatic heterocycles. The minimum Gasteiger partial charge on any atom is -0.399 e. The summed E-state index contributed by atoms with van der Waals surface area (Å²) in [6.45, 7) is 2.68. The van der Waals surface area contributed by atoms with Crippen molar-refractivity contribution in [2.45, 2.75) is 13.3 Å². The number of rotatable bonds is 7. The van der Waals surface area contributed by atoms with Gasteiger partial charge in [0, 0.05) is 30.9 Å². The smallest absolute Gasteiger partial charge is 0.252 e. The average molecular weight is 308 g/mol. The number of anilines is 1. The van der Waals surface area contributed by atoms with Crippen LogP contribution in [0.25, 0.3) is 0 Å². The van der Waals surface area contributed by atoms with Crippen LogP contribution in [0.3, 0.4) is 0 Å². The maximum atomic E-state index is 11.9. The van der Waals surface area contributed by atoms with E-state index in [0.717, 1.165) is 0 Å². The molecule has 0 heterocycles. The molecule has 1 aromatic rings. The molecule has 0 saturated carbocycles. The van der Waals surface area contributed by atoms with Gasteiger partial charge in [0.2, 0.25) is 5.91 Å². The fourth-order valence-electron chi connectivity index (χ4n) is 1.79. The highest BCUT2D eigenvalue weighted by Gasteiger charge is 2.15. The van der Waals surface area contributed by atoms with E-state index >= 15 is 0 Å². The van der Waals surface area contributed by atoms with Crippen LogP contribution in [0.1, 0.15) is 23.7 Å². The third kappa shape index (κ3) is 5.41. The number of benzene rings is 1. The SMILES string of the molecule is CCN(CCNC(=O)c1ccc(N)cc1)C(=O)CC(=O)NO. The van der Waals surface area contributed by atoms with Crippen LogP contribution in [0.2, 0.25) is 0 Å². The molecule has 3 amide bonds. The van der Waals surface area contributed by atoms with Crippen molar-refractivity contribution in [2.75, 3.05) is 25.4 Å². The van der Waals surface area contributed by atoms with E-state index < -0.39 is 18.2 Å². The van der Waals surface area contributed by atoms with Crippen molar-refractivity contribution in [3.05, 3.63) is 29.8 Å². The van der Waals surface area contributed by atoms with Gasteiger partial charge in [-0.25, -0.2) is 5.48 Å². The van der Waals surface area contributed by atoms with Crippen molar-refractivity contribution in [1.82, 2.24) is 15.7 Å². The Hall–Kier alpha value is -2.61. The number of hydroxylamine groups is 1. The third-order valence-corrected chi connectivity index (χ3v) is 3.01. The lowest BCUT2D eigenvalue weighted by Crippen LogP contribution is -2.40. The summed E-state index contributed by atoms with van der Waals surface area (Å²) in [5.74, 6) is -1.46. The van der Waals surface area contributed by atoms with Crippen LogP contribution in [0.15, 0.2) is 24.3 Å². The van der Waals surface area contributed by atoms with Gasteiger partial charge in [-0.2, -0.15) is 0 Å². The number of nitrogens with zero attached hydrogens (tertiary/aromatic N) is 1. The number of likely N-dealkylation sites (N-methyl/N-ethyl adjacent to an activating group) is 1. The zero-order valence-electron chi connectivity index (χ0n) is 12.3. The Morgan fingerprint density at radius 2 is 1.86 bits per heavy atom. The second-order valence-corrected chi connectivity index (χ2v) is 4.56. The highest BCUT2D eigenvalue weighted by Crippen LogP contribution is 2.05. The average Bonchev–Trinajstić information content (AvgIpc) is 2.51. The van der Waals surface area contributed by atoms with E-state index in [1.165, 1.54) is 10.4 Å². The Bertz CT molecular complexity index is 530. The van der Waals surface area contributed by atoms with Gasteiger partial charge in [-0.3, -0.25) is 19.6 Å². The Morgan fingerprint density at radius 1 is 1.23 bits per heavy atom. The number of carbonyl (C=O) groups excluding carboxylic acids is 3. The van der Waals surface area contributed by atoms with Gasteiger partial charge in [-0.1, -0.05) is 0 Å². The minimum atomic E-state index is -0.769. The number of amides is 3. The lowest BCUT2D eigenvalue weighted by atomic mass is 10.2. The van der Waals surface area contributed by atoms with Gasteiger partial charge in [0.25, 0.3) is 11.8 Å². The molecule has 0 spiro atoms. The van der Waals surface area contributed by atoms with Gasteiger partial charge in [-0.15, -0.1) is 0 Å². The highest BCUT2D eigenvalue weighted by molar-refractivity contribution is 5.96. The van der Waals surface area contributed by atoms with Crippen LogP contribution in [0.4, 0.5) is 5.69 Å². The number of hydrogen-bond donors (Lipinski definition) is 4. The van der Waals surface area contributed by atoms with Crippen molar-refractivity contribution < 1.29 is 19.6 Å². The van der Waals surface area contributed by atoms with Gasteiger partial charge < -0.3 is 16.0 Å². The molecule has 0 bridgehead atoms. The second-order valence-electron chi connectivity index (χ2n) is 4.56.